The van der Waals surface area contributed by atoms with E-state index in [-0.39, 0.29) is 11.3 Å². The summed E-state index contributed by atoms with van der Waals surface area (Å²) in [4.78, 5) is 0.511. The lowest BCUT2D eigenvalue weighted by Crippen LogP contribution is -2.26. The number of halogens is 2. The molecular weight excluding hydrogens is 288 g/mol. The van der Waals surface area contributed by atoms with Crippen molar-refractivity contribution in [1.82, 2.24) is 5.32 Å². The lowest BCUT2D eigenvalue weighted by Gasteiger charge is -2.21. The van der Waals surface area contributed by atoms with E-state index in [1.54, 1.807) is 0 Å². The Kier molecular flexibility index (Phi) is 4.27. The molecule has 0 aromatic heterocycles. The quantitative estimate of drug-likeness (QED) is 0.902. The molecule has 0 spiro atoms. The first-order chi connectivity index (χ1) is 10.2. The van der Waals surface area contributed by atoms with Crippen LogP contribution in [0.3, 0.4) is 0 Å². The fraction of sp³-hybridized carbons (Fsp3) is 0.294. The number of thioether (sulfide) groups is 1. The van der Waals surface area contributed by atoms with E-state index in [1.165, 1.54) is 35.0 Å². The monoisotopic (exact) mass is 305 g/mol. The second-order valence-corrected chi connectivity index (χ2v) is 6.45. The average Bonchev–Trinajstić information content (AvgIpc) is 2.81. The maximum absolute atomic E-state index is 13.9. The number of hydrogen-bond acceptors (Lipinski definition) is 2. The van der Waals surface area contributed by atoms with Gasteiger partial charge in [-0.05, 0) is 36.2 Å². The molecule has 2 unspecified atom stereocenters. The first kappa shape index (κ1) is 14.5. The standard InChI is InChI=1S/C17H17F2NS/c1-2-20-17-13-6-4-3-5-11(13)9-16(17)21-15-8-7-12(18)10-14(15)19/h3-8,10,16-17,20H,2,9H2,1H3. The van der Waals surface area contributed by atoms with E-state index in [9.17, 15) is 8.78 Å². The Labute approximate surface area is 127 Å². The summed E-state index contributed by atoms with van der Waals surface area (Å²) in [7, 11) is 0. The molecule has 0 saturated heterocycles. The van der Waals surface area contributed by atoms with Crippen molar-refractivity contribution < 1.29 is 8.78 Å². The molecule has 3 rings (SSSR count). The summed E-state index contributed by atoms with van der Waals surface area (Å²) < 4.78 is 26.9. The van der Waals surface area contributed by atoms with Gasteiger partial charge in [0.2, 0.25) is 0 Å². The molecule has 0 heterocycles. The van der Waals surface area contributed by atoms with Gasteiger partial charge in [0.1, 0.15) is 11.6 Å². The van der Waals surface area contributed by atoms with E-state index in [1.807, 2.05) is 12.1 Å². The molecule has 21 heavy (non-hydrogen) atoms. The van der Waals surface area contributed by atoms with Gasteiger partial charge in [-0.25, -0.2) is 8.78 Å². The molecule has 110 valence electrons. The summed E-state index contributed by atoms with van der Waals surface area (Å²) in [6, 6.07) is 12.3. The van der Waals surface area contributed by atoms with Crippen LogP contribution in [-0.4, -0.2) is 11.8 Å². The highest BCUT2D eigenvalue weighted by molar-refractivity contribution is 8.00. The smallest absolute Gasteiger partial charge is 0.139 e. The number of nitrogens with one attached hydrogen (secondary N) is 1. The van der Waals surface area contributed by atoms with Crippen molar-refractivity contribution in [1.29, 1.82) is 0 Å². The van der Waals surface area contributed by atoms with Crippen LogP contribution in [0, 0.1) is 11.6 Å². The summed E-state index contributed by atoms with van der Waals surface area (Å²) >= 11 is 1.49. The highest BCUT2D eigenvalue weighted by atomic mass is 32.2. The highest BCUT2D eigenvalue weighted by Gasteiger charge is 2.32. The van der Waals surface area contributed by atoms with Crippen molar-refractivity contribution in [3.8, 4) is 0 Å². The van der Waals surface area contributed by atoms with Crippen LogP contribution in [0.4, 0.5) is 8.78 Å². The summed E-state index contributed by atoms with van der Waals surface area (Å²) in [6.07, 6.45) is 0.898. The Hall–Kier alpha value is -1.39. The third-order valence-corrected chi connectivity index (χ3v) is 5.11. The molecule has 1 nitrogen and oxygen atoms in total. The second-order valence-electron chi connectivity index (χ2n) is 5.17. The minimum atomic E-state index is -0.533. The van der Waals surface area contributed by atoms with Crippen molar-refractivity contribution in [3.63, 3.8) is 0 Å². The normalized spacial score (nSPS) is 20.5. The Morgan fingerprint density at radius 2 is 2.00 bits per heavy atom. The Morgan fingerprint density at radius 1 is 1.19 bits per heavy atom. The fourth-order valence-electron chi connectivity index (χ4n) is 2.86. The second kappa shape index (κ2) is 6.16. The van der Waals surface area contributed by atoms with Gasteiger partial charge in [0.25, 0.3) is 0 Å². The van der Waals surface area contributed by atoms with Gasteiger partial charge >= 0.3 is 0 Å². The predicted molar refractivity (Wildman–Crippen MR) is 82.6 cm³/mol. The van der Waals surface area contributed by atoms with Crippen molar-refractivity contribution in [3.05, 3.63) is 65.2 Å². The molecule has 2 aromatic carbocycles. The molecule has 1 N–H and O–H groups in total. The Balaban J connectivity index is 1.85. The van der Waals surface area contributed by atoms with Crippen molar-refractivity contribution in [2.45, 2.75) is 29.5 Å². The zero-order chi connectivity index (χ0) is 14.8. The third kappa shape index (κ3) is 2.97. The third-order valence-electron chi connectivity index (χ3n) is 3.78. The van der Waals surface area contributed by atoms with E-state index in [0.717, 1.165) is 19.0 Å². The maximum Gasteiger partial charge on any atom is 0.139 e. The molecule has 0 amide bonds. The zero-order valence-corrected chi connectivity index (χ0v) is 12.6. The summed E-state index contributed by atoms with van der Waals surface area (Å²) in [5.74, 6) is -1.01. The van der Waals surface area contributed by atoms with Gasteiger partial charge in [0.15, 0.2) is 0 Å². The average molecular weight is 305 g/mol. The van der Waals surface area contributed by atoms with Crippen LogP contribution in [0.25, 0.3) is 0 Å². The Bertz CT molecular complexity index is 644. The molecule has 0 radical (unpaired) electrons. The number of rotatable bonds is 4. The Morgan fingerprint density at radius 3 is 2.76 bits per heavy atom. The van der Waals surface area contributed by atoms with Crippen LogP contribution in [-0.2, 0) is 6.42 Å². The van der Waals surface area contributed by atoms with E-state index in [0.29, 0.717) is 4.90 Å². The first-order valence-electron chi connectivity index (χ1n) is 7.12. The molecule has 1 aliphatic carbocycles. The minimum Gasteiger partial charge on any atom is -0.309 e. The van der Waals surface area contributed by atoms with Gasteiger partial charge in [-0.3, -0.25) is 0 Å². The lowest BCUT2D eigenvalue weighted by atomic mass is 10.1. The van der Waals surface area contributed by atoms with Crippen LogP contribution in [0.2, 0.25) is 0 Å². The zero-order valence-electron chi connectivity index (χ0n) is 11.8. The van der Waals surface area contributed by atoms with E-state index >= 15 is 0 Å². The van der Waals surface area contributed by atoms with Gasteiger partial charge in [-0.1, -0.05) is 31.2 Å². The van der Waals surface area contributed by atoms with Gasteiger partial charge in [-0.2, -0.15) is 0 Å². The molecule has 0 fully saturated rings. The van der Waals surface area contributed by atoms with Crippen LogP contribution < -0.4 is 5.32 Å². The molecule has 2 aromatic rings. The van der Waals surface area contributed by atoms with Crippen LogP contribution in [0.1, 0.15) is 24.1 Å². The lowest BCUT2D eigenvalue weighted by molar-refractivity contribution is 0.553. The van der Waals surface area contributed by atoms with E-state index in [4.69, 9.17) is 0 Å². The number of hydrogen-bond donors (Lipinski definition) is 1. The van der Waals surface area contributed by atoms with Gasteiger partial charge < -0.3 is 5.32 Å². The van der Waals surface area contributed by atoms with Crippen molar-refractivity contribution in [2.24, 2.45) is 0 Å². The first-order valence-corrected chi connectivity index (χ1v) is 8.00. The van der Waals surface area contributed by atoms with E-state index < -0.39 is 11.6 Å². The van der Waals surface area contributed by atoms with E-state index in [2.05, 4.69) is 24.4 Å². The van der Waals surface area contributed by atoms with Gasteiger partial charge in [-0.15, -0.1) is 11.8 Å². The van der Waals surface area contributed by atoms with Crippen molar-refractivity contribution >= 4 is 11.8 Å². The fourth-order valence-corrected chi connectivity index (χ4v) is 4.15. The summed E-state index contributed by atoms with van der Waals surface area (Å²) in [6.45, 7) is 2.93. The molecule has 0 aliphatic heterocycles. The molecule has 2 atom stereocenters. The number of fused-ring (bicyclic) bond motifs is 1. The largest absolute Gasteiger partial charge is 0.309 e. The molecule has 0 saturated carbocycles. The summed E-state index contributed by atoms with van der Waals surface area (Å²) in [5, 5.41) is 3.71. The van der Waals surface area contributed by atoms with Gasteiger partial charge in [0, 0.05) is 22.3 Å². The maximum atomic E-state index is 13.9. The van der Waals surface area contributed by atoms with Crippen molar-refractivity contribution in [2.75, 3.05) is 6.54 Å². The van der Waals surface area contributed by atoms with Crippen LogP contribution in [0.5, 0.6) is 0 Å². The van der Waals surface area contributed by atoms with Crippen LogP contribution >= 0.6 is 11.8 Å². The highest BCUT2D eigenvalue weighted by Crippen LogP contribution is 2.42. The predicted octanol–water partition coefficient (Wildman–Crippen LogP) is 4.33. The molecular formula is C17H17F2NS. The molecule has 0 bridgehead atoms. The number of benzene rings is 2. The van der Waals surface area contributed by atoms with Crippen LogP contribution in [0.15, 0.2) is 47.4 Å². The SMILES string of the molecule is CCNC1c2ccccc2CC1Sc1ccc(F)cc1F. The topological polar surface area (TPSA) is 12.0 Å². The molecule has 4 heteroatoms. The minimum absolute atomic E-state index is 0.209. The summed E-state index contributed by atoms with van der Waals surface area (Å²) in [5.41, 5.74) is 2.60. The van der Waals surface area contributed by atoms with Gasteiger partial charge in [0.05, 0.1) is 0 Å². The molecule has 1 aliphatic rings.